The van der Waals surface area contributed by atoms with Crippen LogP contribution in [0.4, 0.5) is 4.39 Å². The highest BCUT2D eigenvalue weighted by atomic mass is 19.1. The first-order valence-corrected chi connectivity index (χ1v) is 4.27. The fraction of sp³-hybridized carbons (Fsp3) is 0.923. The summed E-state index contributed by atoms with van der Waals surface area (Å²) in [5.41, 5.74) is -0.434. The Morgan fingerprint density at radius 1 is 1.19 bits per heavy atom. The zero-order valence-electron chi connectivity index (χ0n) is 8.02. The molecular weight excluding hydrogens is 207 g/mol. The lowest BCUT2D eigenvalue weighted by Gasteiger charge is -2.19. The van der Waals surface area contributed by atoms with Crippen LogP contribution in [0.2, 0.25) is 0 Å². The first-order valence-electron chi connectivity index (χ1n) is 4.27. The average Bonchev–Trinajstić information content (AvgIpc) is 2.05. The fourth-order valence-electron chi connectivity index (χ4n) is 0.559. The van der Waals surface area contributed by atoms with Gasteiger partial charge in [0, 0.05) is 6.42 Å². The molecule has 0 spiro atoms. The fourth-order valence-corrected chi connectivity index (χ4v) is 0.559. The van der Waals surface area contributed by atoms with Crippen LogP contribution in [0.25, 0.3) is 0 Å². The summed E-state index contributed by atoms with van der Waals surface area (Å²) in [5, 5.41) is 0. The molecule has 2 nitrogen and oxygen atoms in total. The number of carbonyl (C=O) groups excluding carboxylic acids is 1. The molecule has 0 rings (SSSR count). The molecule has 104 valence electrons. The van der Waals surface area contributed by atoms with Crippen molar-refractivity contribution in [3.63, 3.8) is 0 Å². The van der Waals surface area contributed by atoms with Gasteiger partial charge in [-0.05, 0) is 20.3 Å². The molecule has 0 atom stereocenters. The molecule has 0 aliphatic rings. The van der Waals surface area contributed by atoms with Crippen LogP contribution >= 0.6 is 0 Å². The summed E-state index contributed by atoms with van der Waals surface area (Å²) in [7, 11) is 0. The molecule has 0 radical (unpaired) electrons. The lowest BCUT2D eigenvalue weighted by atomic mass is 9.91. The third-order valence-corrected chi connectivity index (χ3v) is 1.95. The summed E-state index contributed by atoms with van der Waals surface area (Å²) in [6.07, 6.45) is 1.03. The zero-order valence-corrected chi connectivity index (χ0v) is 8.02. The van der Waals surface area contributed by atoms with Crippen LogP contribution in [-0.4, -0.2) is 19.3 Å². The van der Waals surface area contributed by atoms with Gasteiger partial charge in [0.05, 0.1) is 18.7 Å². The molecule has 0 aromatic heterocycles. The van der Waals surface area contributed by atoms with Crippen LogP contribution in [0.15, 0.2) is 0 Å². The standard InChI is InChI=1S/C9H17FO2.4CH4/c1-4-9(2,3)8(11)12-7-5-6-10;;;;/h4-7H2,1-3H3;4*1H4. The number of hydrogen-bond acceptors (Lipinski definition) is 2. The van der Waals surface area contributed by atoms with Crippen molar-refractivity contribution in [3.8, 4) is 0 Å². The summed E-state index contributed by atoms with van der Waals surface area (Å²) in [6, 6.07) is 0. The van der Waals surface area contributed by atoms with E-state index < -0.39 is 12.1 Å². The topological polar surface area (TPSA) is 26.3 Å². The van der Waals surface area contributed by atoms with Gasteiger partial charge in [0.2, 0.25) is 0 Å². The number of halogens is 1. The molecular formula is C13H33FO2. The smallest absolute Gasteiger partial charge is 0.311 e. The van der Waals surface area contributed by atoms with Crippen molar-refractivity contribution < 1.29 is 13.9 Å². The van der Waals surface area contributed by atoms with Crippen LogP contribution in [-0.2, 0) is 9.53 Å². The molecule has 3 heteroatoms. The van der Waals surface area contributed by atoms with E-state index in [2.05, 4.69) is 0 Å². The number of carbonyl (C=O) groups is 1. The maximum absolute atomic E-state index is 11.6. The zero-order chi connectivity index (χ0) is 9.61. The third kappa shape index (κ3) is 11.5. The molecule has 0 bridgehead atoms. The lowest BCUT2D eigenvalue weighted by Crippen LogP contribution is -2.26. The molecule has 0 heterocycles. The summed E-state index contributed by atoms with van der Waals surface area (Å²) in [6.45, 7) is 5.34. The predicted molar refractivity (Wildman–Crippen MR) is 72.5 cm³/mol. The minimum absolute atomic E-state index is 0. The maximum atomic E-state index is 11.6. The first-order chi connectivity index (χ1) is 5.54. The lowest BCUT2D eigenvalue weighted by molar-refractivity contribution is -0.154. The Balaban J connectivity index is -0.000000101. The van der Waals surface area contributed by atoms with Gasteiger partial charge in [-0.3, -0.25) is 9.18 Å². The molecule has 0 unspecified atom stereocenters. The van der Waals surface area contributed by atoms with E-state index in [0.717, 1.165) is 6.42 Å². The maximum Gasteiger partial charge on any atom is 0.311 e. The number of rotatable bonds is 5. The van der Waals surface area contributed by atoms with Gasteiger partial charge in [-0.25, -0.2) is 0 Å². The number of hydrogen-bond donors (Lipinski definition) is 0. The van der Waals surface area contributed by atoms with E-state index in [1.165, 1.54) is 0 Å². The molecule has 0 aromatic rings. The van der Waals surface area contributed by atoms with Crippen molar-refractivity contribution in [2.75, 3.05) is 13.3 Å². The first kappa shape index (κ1) is 29.5. The number of ether oxygens (including phenoxy) is 1. The van der Waals surface area contributed by atoms with Crippen LogP contribution in [0.3, 0.4) is 0 Å². The average molecular weight is 240 g/mol. The van der Waals surface area contributed by atoms with E-state index in [9.17, 15) is 9.18 Å². The van der Waals surface area contributed by atoms with Gasteiger partial charge in [0.1, 0.15) is 0 Å². The monoisotopic (exact) mass is 240 g/mol. The summed E-state index contributed by atoms with van der Waals surface area (Å²) < 4.78 is 16.5. The molecule has 0 amide bonds. The van der Waals surface area contributed by atoms with E-state index in [4.69, 9.17) is 4.74 Å². The van der Waals surface area contributed by atoms with Gasteiger partial charge in [0.25, 0.3) is 0 Å². The van der Waals surface area contributed by atoms with Crippen molar-refractivity contribution >= 4 is 5.97 Å². The van der Waals surface area contributed by atoms with Gasteiger partial charge in [-0.2, -0.15) is 0 Å². The number of alkyl halides is 1. The molecule has 0 saturated heterocycles. The Bertz CT molecular complexity index is 145. The third-order valence-electron chi connectivity index (χ3n) is 1.95. The molecule has 0 fully saturated rings. The van der Waals surface area contributed by atoms with E-state index >= 15 is 0 Å². The molecule has 0 aliphatic heterocycles. The van der Waals surface area contributed by atoms with Crippen LogP contribution in [0.5, 0.6) is 0 Å². The second-order valence-corrected chi connectivity index (χ2v) is 3.42. The predicted octanol–water partition coefficient (Wildman–Crippen LogP) is 4.87. The van der Waals surface area contributed by atoms with Crippen LogP contribution < -0.4 is 0 Å². The van der Waals surface area contributed by atoms with Gasteiger partial charge in [-0.15, -0.1) is 0 Å². The second kappa shape index (κ2) is 14.4. The Morgan fingerprint density at radius 3 is 1.94 bits per heavy atom. The quantitative estimate of drug-likeness (QED) is 0.506. The van der Waals surface area contributed by atoms with Gasteiger partial charge in [0.15, 0.2) is 0 Å². The van der Waals surface area contributed by atoms with Gasteiger partial charge < -0.3 is 4.74 Å². The SMILES string of the molecule is C.C.C.C.CCC(C)(C)C(=O)OCCCF. The van der Waals surface area contributed by atoms with Crippen molar-refractivity contribution in [1.82, 2.24) is 0 Å². The van der Waals surface area contributed by atoms with Gasteiger partial charge >= 0.3 is 5.97 Å². The van der Waals surface area contributed by atoms with E-state index in [1.54, 1.807) is 0 Å². The van der Waals surface area contributed by atoms with E-state index in [-0.39, 0.29) is 42.3 Å². The Morgan fingerprint density at radius 2 is 1.62 bits per heavy atom. The molecule has 0 aliphatic carbocycles. The van der Waals surface area contributed by atoms with Gasteiger partial charge in [-0.1, -0.05) is 36.6 Å². The molecule has 0 aromatic carbocycles. The Labute approximate surface area is 103 Å². The Kier molecular flexibility index (Phi) is 26.6. The minimum atomic E-state index is -0.434. The normalized spacial score (nSPS) is 8.50. The van der Waals surface area contributed by atoms with Crippen molar-refractivity contribution in [2.45, 2.75) is 63.3 Å². The molecule has 0 N–H and O–H groups in total. The highest BCUT2D eigenvalue weighted by Gasteiger charge is 2.26. The summed E-state index contributed by atoms with van der Waals surface area (Å²) in [5.74, 6) is -0.238. The highest BCUT2D eigenvalue weighted by Crippen LogP contribution is 2.21. The van der Waals surface area contributed by atoms with Crippen LogP contribution in [0, 0.1) is 5.41 Å². The van der Waals surface area contributed by atoms with Crippen LogP contribution in [0.1, 0.15) is 63.3 Å². The largest absolute Gasteiger partial charge is 0.465 e. The van der Waals surface area contributed by atoms with Crippen molar-refractivity contribution in [2.24, 2.45) is 5.41 Å². The van der Waals surface area contributed by atoms with Crippen molar-refractivity contribution in [1.29, 1.82) is 0 Å². The molecule has 0 saturated carbocycles. The molecule has 16 heavy (non-hydrogen) atoms. The minimum Gasteiger partial charge on any atom is -0.465 e. The highest BCUT2D eigenvalue weighted by molar-refractivity contribution is 5.75. The Hall–Kier alpha value is -0.600. The summed E-state index contributed by atoms with van der Waals surface area (Å²) in [4.78, 5) is 11.2. The summed E-state index contributed by atoms with van der Waals surface area (Å²) >= 11 is 0. The van der Waals surface area contributed by atoms with E-state index in [0.29, 0.717) is 6.42 Å². The van der Waals surface area contributed by atoms with E-state index in [1.807, 2.05) is 20.8 Å². The number of esters is 1. The van der Waals surface area contributed by atoms with Crippen molar-refractivity contribution in [3.05, 3.63) is 0 Å². The second-order valence-electron chi connectivity index (χ2n) is 3.42.